The molecule has 0 radical (unpaired) electrons. The molecular weight excluding hydrogens is 256 g/mol. The number of primary amides is 1. The zero-order valence-electron chi connectivity index (χ0n) is 9.64. The van der Waals surface area contributed by atoms with Crippen LogP contribution in [-0.4, -0.2) is 25.5 Å². The Kier molecular flexibility index (Phi) is 4.58. The van der Waals surface area contributed by atoms with Gasteiger partial charge in [0, 0.05) is 5.69 Å². The van der Waals surface area contributed by atoms with Crippen LogP contribution in [0.3, 0.4) is 0 Å². The van der Waals surface area contributed by atoms with Crippen molar-refractivity contribution in [1.29, 1.82) is 0 Å². The molecule has 0 spiro atoms. The summed E-state index contributed by atoms with van der Waals surface area (Å²) in [7, 11) is 1.47. The molecule has 1 rings (SSSR count). The SMILES string of the molecule is C#CC(=O)N(CC(N)=O)c1ccc(OC)c(Cl)c1. The molecule has 0 aromatic heterocycles. The van der Waals surface area contributed by atoms with Gasteiger partial charge in [0.15, 0.2) is 0 Å². The second kappa shape index (κ2) is 5.94. The van der Waals surface area contributed by atoms with Crippen molar-refractivity contribution in [3.05, 3.63) is 23.2 Å². The molecule has 2 amide bonds. The lowest BCUT2D eigenvalue weighted by atomic mass is 10.2. The van der Waals surface area contributed by atoms with Crippen LogP contribution in [-0.2, 0) is 9.59 Å². The molecular formula is C12H11ClN2O3. The molecule has 0 saturated carbocycles. The van der Waals surface area contributed by atoms with Gasteiger partial charge in [0.1, 0.15) is 12.3 Å². The summed E-state index contributed by atoms with van der Waals surface area (Å²) in [5.41, 5.74) is 5.44. The number of nitrogens with zero attached hydrogens (tertiary/aromatic N) is 1. The number of carbonyl (C=O) groups excluding carboxylic acids is 2. The van der Waals surface area contributed by atoms with Gasteiger partial charge in [-0.15, -0.1) is 6.42 Å². The van der Waals surface area contributed by atoms with Crippen molar-refractivity contribution in [2.45, 2.75) is 0 Å². The molecule has 0 unspecified atom stereocenters. The summed E-state index contributed by atoms with van der Waals surface area (Å²) < 4.78 is 4.98. The maximum Gasteiger partial charge on any atom is 0.303 e. The van der Waals surface area contributed by atoms with Gasteiger partial charge in [-0.05, 0) is 24.1 Å². The maximum absolute atomic E-state index is 11.5. The Morgan fingerprint density at radius 2 is 2.22 bits per heavy atom. The van der Waals surface area contributed by atoms with E-state index in [9.17, 15) is 9.59 Å². The molecule has 1 aromatic rings. The second-order valence-electron chi connectivity index (χ2n) is 3.32. The Hall–Kier alpha value is -2.19. The van der Waals surface area contributed by atoms with Gasteiger partial charge in [0.25, 0.3) is 0 Å². The van der Waals surface area contributed by atoms with Crippen LogP contribution in [0.2, 0.25) is 5.02 Å². The first-order valence-corrected chi connectivity index (χ1v) is 5.27. The van der Waals surface area contributed by atoms with E-state index in [1.165, 1.54) is 13.2 Å². The van der Waals surface area contributed by atoms with E-state index in [0.29, 0.717) is 16.5 Å². The molecule has 0 heterocycles. The average molecular weight is 267 g/mol. The van der Waals surface area contributed by atoms with Crippen molar-refractivity contribution in [2.75, 3.05) is 18.6 Å². The first-order chi connectivity index (χ1) is 8.49. The minimum absolute atomic E-state index is 0.300. The number of carbonyl (C=O) groups is 2. The van der Waals surface area contributed by atoms with Gasteiger partial charge in [-0.3, -0.25) is 14.5 Å². The van der Waals surface area contributed by atoms with E-state index in [1.807, 2.05) is 5.92 Å². The highest BCUT2D eigenvalue weighted by molar-refractivity contribution is 6.32. The molecule has 0 bridgehead atoms. The Morgan fingerprint density at radius 3 is 2.67 bits per heavy atom. The van der Waals surface area contributed by atoms with Gasteiger partial charge in [0.2, 0.25) is 5.91 Å². The Balaban J connectivity index is 3.14. The van der Waals surface area contributed by atoms with Crippen LogP contribution in [0.15, 0.2) is 18.2 Å². The van der Waals surface area contributed by atoms with Gasteiger partial charge in [-0.25, -0.2) is 0 Å². The zero-order chi connectivity index (χ0) is 13.7. The Labute approximate surface area is 109 Å². The number of nitrogens with two attached hydrogens (primary N) is 1. The van der Waals surface area contributed by atoms with Crippen molar-refractivity contribution >= 4 is 29.1 Å². The molecule has 6 heteroatoms. The fourth-order valence-corrected chi connectivity index (χ4v) is 1.59. The topological polar surface area (TPSA) is 72.6 Å². The number of methoxy groups -OCH3 is 1. The molecule has 18 heavy (non-hydrogen) atoms. The van der Waals surface area contributed by atoms with Crippen molar-refractivity contribution in [3.8, 4) is 18.1 Å². The van der Waals surface area contributed by atoms with E-state index in [2.05, 4.69) is 0 Å². The molecule has 0 aliphatic heterocycles. The van der Waals surface area contributed by atoms with E-state index < -0.39 is 11.8 Å². The number of terminal acetylenes is 1. The number of benzene rings is 1. The van der Waals surface area contributed by atoms with E-state index in [1.54, 1.807) is 12.1 Å². The van der Waals surface area contributed by atoms with Crippen molar-refractivity contribution in [1.82, 2.24) is 0 Å². The number of hydrogen-bond acceptors (Lipinski definition) is 3. The number of halogens is 1. The Morgan fingerprint density at radius 1 is 1.56 bits per heavy atom. The highest BCUT2D eigenvalue weighted by Crippen LogP contribution is 2.29. The molecule has 0 saturated heterocycles. The van der Waals surface area contributed by atoms with E-state index in [-0.39, 0.29) is 6.54 Å². The number of amides is 2. The lowest BCUT2D eigenvalue weighted by Gasteiger charge is -2.19. The summed E-state index contributed by atoms with van der Waals surface area (Å²) in [5, 5.41) is 0.300. The minimum atomic E-state index is -0.675. The van der Waals surface area contributed by atoms with E-state index in [0.717, 1.165) is 4.90 Å². The number of rotatable bonds is 4. The molecule has 1 aromatic carbocycles. The number of ether oxygens (including phenoxy) is 1. The van der Waals surface area contributed by atoms with Crippen LogP contribution in [0.4, 0.5) is 5.69 Å². The molecule has 94 valence electrons. The first kappa shape index (κ1) is 13.9. The number of anilines is 1. The van der Waals surface area contributed by atoms with Gasteiger partial charge in [-0.2, -0.15) is 0 Å². The van der Waals surface area contributed by atoms with Crippen LogP contribution in [0.5, 0.6) is 5.75 Å². The standard InChI is InChI=1S/C12H11ClN2O3/c1-3-12(17)15(7-11(14)16)8-4-5-10(18-2)9(13)6-8/h1,4-6H,7H2,2H3,(H2,14,16). The highest BCUT2D eigenvalue weighted by Gasteiger charge is 2.17. The second-order valence-corrected chi connectivity index (χ2v) is 3.73. The van der Waals surface area contributed by atoms with E-state index in [4.69, 9.17) is 28.5 Å². The van der Waals surface area contributed by atoms with Crippen molar-refractivity contribution < 1.29 is 14.3 Å². The summed E-state index contributed by atoms with van der Waals surface area (Å²) >= 11 is 5.93. The van der Waals surface area contributed by atoms with Gasteiger partial charge in [0.05, 0.1) is 12.1 Å². The third kappa shape index (κ3) is 3.15. The monoisotopic (exact) mass is 266 g/mol. The largest absolute Gasteiger partial charge is 0.495 e. The average Bonchev–Trinajstić information content (AvgIpc) is 2.34. The quantitative estimate of drug-likeness (QED) is 0.820. The summed E-state index contributed by atoms with van der Waals surface area (Å²) in [5.74, 6) is 1.03. The third-order valence-corrected chi connectivity index (χ3v) is 2.42. The van der Waals surface area contributed by atoms with Gasteiger partial charge in [-0.1, -0.05) is 11.6 Å². The summed E-state index contributed by atoms with van der Waals surface area (Å²) in [6, 6.07) is 4.59. The summed E-state index contributed by atoms with van der Waals surface area (Å²) in [4.78, 5) is 23.5. The lowest BCUT2D eigenvalue weighted by Crippen LogP contribution is -2.37. The van der Waals surface area contributed by atoms with Gasteiger partial charge >= 0.3 is 5.91 Å². The fraction of sp³-hybridized carbons (Fsp3) is 0.167. The molecule has 0 aliphatic carbocycles. The minimum Gasteiger partial charge on any atom is -0.495 e. The highest BCUT2D eigenvalue weighted by atomic mass is 35.5. The predicted octanol–water partition coefficient (Wildman–Crippen LogP) is 0.800. The molecule has 2 N–H and O–H groups in total. The zero-order valence-corrected chi connectivity index (χ0v) is 10.4. The smallest absolute Gasteiger partial charge is 0.303 e. The Bertz CT molecular complexity index is 523. The molecule has 0 atom stereocenters. The first-order valence-electron chi connectivity index (χ1n) is 4.89. The lowest BCUT2D eigenvalue weighted by molar-refractivity contribution is -0.119. The molecule has 5 nitrogen and oxygen atoms in total. The summed E-state index contributed by atoms with van der Waals surface area (Å²) in [6.45, 7) is -0.314. The fourth-order valence-electron chi connectivity index (χ4n) is 1.34. The maximum atomic E-state index is 11.5. The van der Waals surface area contributed by atoms with Gasteiger partial charge < -0.3 is 10.5 Å². The van der Waals surface area contributed by atoms with Crippen molar-refractivity contribution in [2.24, 2.45) is 5.73 Å². The predicted molar refractivity (Wildman–Crippen MR) is 68.4 cm³/mol. The number of hydrogen-bond donors (Lipinski definition) is 1. The van der Waals surface area contributed by atoms with Crippen LogP contribution < -0.4 is 15.4 Å². The molecule has 0 fully saturated rings. The van der Waals surface area contributed by atoms with E-state index >= 15 is 0 Å². The van der Waals surface area contributed by atoms with Crippen LogP contribution in [0.1, 0.15) is 0 Å². The summed E-state index contributed by atoms with van der Waals surface area (Å²) in [6.07, 6.45) is 5.03. The van der Waals surface area contributed by atoms with Crippen molar-refractivity contribution in [3.63, 3.8) is 0 Å². The van der Waals surface area contributed by atoms with Crippen LogP contribution in [0, 0.1) is 12.3 Å². The van der Waals surface area contributed by atoms with Crippen LogP contribution >= 0.6 is 11.6 Å². The third-order valence-electron chi connectivity index (χ3n) is 2.13. The molecule has 0 aliphatic rings. The normalized spacial score (nSPS) is 9.39. The van der Waals surface area contributed by atoms with Crippen LogP contribution in [0.25, 0.3) is 0 Å².